The van der Waals surface area contributed by atoms with Gasteiger partial charge in [-0.15, -0.1) is 0 Å². The van der Waals surface area contributed by atoms with Crippen LogP contribution in [0.4, 0.5) is 10.5 Å². The van der Waals surface area contributed by atoms with Gasteiger partial charge in [-0.25, -0.2) is 4.79 Å². The minimum atomic E-state index is -0.277. The zero-order chi connectivity index (χ0) is 14.1. The lowest BCUT2D eigenvalue weighted by Gasteiger charge is -2.07. The minimum Gasteiger partial charge on any atom is -0.305 e. The Morgan fingerprint density at radius 1 is 1.15 bits per heavy atom. The lowest BCUT2D eigenvalue weighted by atomic mass is 10.2. The van der Waals surface area contributed by atoms with E-state index in [2.05, 4.69) is 26.3 Å². The summed E-state index contributed by atoms with van der Waals surface area (Å²) in [6.07, 6.45) is 0. The molecule has 1 heterocycles. The van der Waals surface area contributed by atoms with Gasteiger partial charge in [0.15, 0.2) is 0 Å². The van der Waals surface area contributed by atoms with Gasteiger partial charge in [-0.05, 0) is 41.1 Å². The molecule has 4 nitrogen and oxygen atoms in total. The maximum atomic E-state index is 12.4. The summed E-state index contributed by atoms with van der Waals surface area (Å²) in [6.45, 7) is 1.89. The number of aromatic nitrogens is 2. The fourth-order valence-corrected chi connectivity index (χ4v) is 2.49. The van der Waals surface area contributed by atoms with E-state index < -0.39 is 0 Å². The Morgan fingerprint density at radius 3 is 2.65 bits per heavy atom. The first kappa shape index (κ1) is 12.9. The second-order valence-corrected chi connectivity index (χ2v) is 5.28. The number of halogens is 1. The number of carbonyl (C=O) groups excluding carboxylic acids is 1. The van der Waals surface area contributed by atoms with Crippen molar-refractivity contribution in [3.8, 4) is 0 Å². The minimum absolute atomic E-state index is 0.277. The van der Waals surface area contributed by atoms with Crippen molar-refractivity contribution in [3.63, 3.8) is 0 Å². The topological polar surface area (TPSA) is 46.9 Å². The summed E-state index contributed by atoms with van der Waals surface area (Å²) in [5.74, 6) is 0. The van der Waals surface area contributed by atoms with E-state index in [4.69, 9.17) is 0 Å². The summed E-state index contributed by atoms with van der Waals surface area (Å²) in [4.78, 5) is 12.4. The van der Waals surface area contributed by atoms with E-state index in [-0.39, 0.29) is 6.03 Å². The normalized spacial score (nSPS) is 10.7. The molecule has 0 aliphatic heterocycles. The van der Waals surface area contributed by atoms with E-state index in [0.717, 1.165) is 26.8 Å². The third kappa shape index (κ3) is 2.20. The first-order valence-corrected chi connectivity index (χ1v) is 6.96. The number of amides is 1. The van der Waals surface area contributed by atoms with Crippen LogP contribution in [0.3, 0.4) is 0 Å². The van der Waals surface area contributed by atoms with Crippen molar-refractivity contribution < 1.29 is 4.79 Å². The number of hydrogen-bond donors (Lipinski definition) is 1. The molecular formula is C15H12BrN3O. The number of nitrogens with zero attached hydrogens (tertiary/aromatic N) is 2. The Morgan fingerprint density at radius 2 is 1.85 bits per heavy atom. The van der Waals surface area contributed by atoms with Crippen LogP contribution in [0.5, 0.6) is 0 Å². The molecule has 100 valence electrons. The highest BCUT2D eigenvalue weighted by Crippen LogP contribution is 2.22. The zero-order valence-corrected chi connectivity index (χ0v) is 12.4. The van der Waals surface area contributed by atoms with E-state index in [1.807, 2.05) is 55.5 Å². The van der Waals surface area contributed by atoms with Crippen LogP contribution < -0.4 is 5.32 Å². The predicted molar refractivity (Wildman–Crippen MR) is 83.0 cm³/mol. The van der Waals surface area contributed by atoms with Gasteiger partial charge in [0, 0.05) is 9.86 Å². The molecule has 0 aliphatic carbocycles. The second-order valence-electron chi connectivity index (χ2n) is 4.42. The van der Waals surface area contributed by atoms with Crippen molar-refractivity contribution in [1.82, 2.24) is 9.78 Å². The number of rotatable bonds is 1. The molecule has 0 saturated heterocycles. The molecule has 0 aliphatic rings. The number of anilines is 1. The van der Waals surface area contributed by atoms with Crippen molar-refractivity contribution in [1.29, 1.82) is 0 Å². The maximum Gasteiger partial charge on any atom is 0.347 e. The number of carbonyl (C=O) groups is 1. The Bertz CT molecular complexity index is 795. The predicted octanol–water partition coefficient (Wildman–Crippen LogP) is 4.19. The number of nitrogens with one attached hydrogen (secondary N) is 1. The highest BCUT2D eigenvalue weighted by atomic mass is 79.9. The summed E-state index contributed by atoms with van der Waals surface area (Å²) >= 11 is 3.41. The van der Waals surface area contributed by atoms with Crippen LogP contribution >= 0.6 is 15.9 Å². The van der Waals surface area contributed by atoms with Crippen LogP contribution in [0.2, 0.25) is 0 Å². The molecule has 0 bridgehead atoms. The Hall–Kier alpha value is -2.14. The van der Waals surface area contributed by atoms with Crippen molar-refractivity contribution >= 4 is 38.6 Å². The van der Waals surface area contributed by atoms with Gasteiger partial charge in [-0.1, -0.05) is 30.3 Å². The molecule has 0 unspecified atom stereocenters. The van der Waals surface area contributed by atoms with E-state index in [1.54, 1.807) is 0 Å². The average Bonchev–Trinajstić information content (AvgIpc) is 2.79. The standard InChI is InChI=1S/C15H12BrN3O/c1-10-11-6-2-5-9-14(11)19(18-10)15(20)17-13-8-4-3-7-12(13)16/h2-9H,1H3,(H,17,20). The summed E-state index contributed by atoms with van der Waals surface area (Å²) < 4.78 is 2.23. The van der Waals surface area contributed by atoms with Crippen molar-refractivity contribution in [3.05, 3.63) is 58.7 Å². The van der Waals surface area contributed by atoms with Gasteiger partial charge in [0.2, 0.25) is 0 Å². The molecule has 5 heteroatoms. The highest BCUT2D eigenvalue weighted by Gasteiger charge is 2.13. The molecule has 1 amide bonds. The zero-order valence-electron chi connectivity index (χ0n) is 10.8. The number of benzene rings is 2. The van der Waals surface area contributed by atoms with Crippen LogP contribution in [0.25, 0.3) is 10.9 Å². The first-order valence-electron chi connectivity index (χ1n) is 6.17. The summed E-state index contributed by atoms with van der Waals surface area (Å²) in [7, 11) is 0. The van der Waals surface area contributed by atoms with Crippen molar-refractivity contribution in [2.75, 3.05) is 5.32 Å². The monoisotopic (exact) mass is 329 g/mol. The number of hydrogen-bond acceptors (Lipinski definition) is 2. The number of para-hydroxylation sites is 2. The number of fused-ring (bicyclic) bond motifs is 1. The molecule has 0 saturated carbocycles. The largest absolute Gasteiger partial charge is 0.347 e. The molecule has 3 aromatic rings. The van der Waals surface area contributed by atoms with Gasteiger partial charge in [0.05, 0.1) is 16.9 Å². The van der Waals surface area contributed by atoms with E-state index in [0.29, 0.717) is 0 Å². The molecule has 1 N–H and O–H groups in total. The Labute approximate surface area is 124 Å². The molecule has 0 fully saturated rings. The van der Waals surface area contributed by atoms with E-state index >= 15 is 0 Å². The molecular weight excluding hydrogens is 318 g/mol. The summed E-state index contributed by atoms with van der Waals surface area (Å²) in [5.41, 5.74) is 2.35. The van der Waals surface area contributed by atoms with Gasteiger partial charge in [0.1, 0.15) is 0 Å². The summed E-state index contributed by atoms with van der Waals surface area (Å²) in [6, 6.07) is 14.9. The van der Waals surface area contributed by atoms with Gasteiger partial charge in [0.25, 0.3) is 0 Å². The van der Waals surface area contributed by atoms with Gasteiger partial charge < -0.3 is 5.32 Å². The fraction of sp³-hybridized carbons (Fsp3) is 0.0667. The second kappa shape index (κ2) is 5.09. The Kier molecular flexibility index (Phi) is 3.28. The molecule has 0 atom stereocenters. The third-order valence-electron chi connectivity index (χ3n) is 3.08. The van der Waals surface area contributed by atoms with Gasteiger partial charge in [-0.3, -0.25) is 0 Å². The van der Waals surface area contributed by atoms with Crippen molar-refractivity contribution in [2.45, 2.75) is 6.92 Å². The quantitative estimate of drug-likeness (QED) is 0.727. The van der Waals surface area contributed by atoms with Crippen LogP contribution in [0.15, 0.2) is 53.0 Å². The van der Waals surface area contributed by atoms with E-state index in [1.165, 1.54) is 4.68 Å². The van der Waals surface area contributed by atoms with Crippen LogP contribution in [-0.2, 0) is 0 Å². The smallest absolute Gasteiger partial charge is 0.305 e. The molecule has 2 aromatic carbocycles. The molecule has 3 rings (SSSR count). The van der Waals surface area contributed by atoms with E-state index in [9.17, 15) is 4.79 Å². The SMILES string of the molecule is Cc1nn(C(=O)Nc2ccccc2Br)c2ccccc12. The molecule has 20 heavy (non-hydrogen) atoms. The van der Waals surface area contributed by atoms with Gasteiger partial charge >= 0.3 is 6.03 Å². The maximum absolute atomic E-state index is 12.4. The molecule has 0 spiro atoms. The van der Waals surface area contributed by atoms with Gasteiger partial charge in [-0.2, -0.15) is 9.78 Å². The van der Waals surface area contributed by atoms with Crippen LogP contribution in [-0.4, -0.2) is 15.8 Å². The molecule has 0 radical (unpaired) electrons. The fourth-order valence-electron chi connectivity index (χ4n) is 2.11. The highest BCUT2D eigenvalue weighted by molar-refractivity contribution is 9.10. The number of aryl methyl sites for hydroxylation is 1. The summed E-state index contributed by atoms with van der Waals surface area (Å²) in [5, 5.41) is 8.13. The third-order valence-corrected chi connectivity index (χ3v) is 3.77. The van der Waals surface area contributed by atoms with Crippen molar-refractivity contribution in [2.24, 2.45) is 0 Å². The average molecular weight is 330 g/mol. The molecule has 1 aromatic heterocycles. The lowest BCUT2D eigenvalue weighted by molar-refractivity contribution is 0.251. The Balaban J connectivity index is 2.00. The lowest BCUT2D eigenvalue weighted by Crippen LogP contribution is -2.20. The van der Waals surface area contributed by atoms with Crippen LogP contribution in [0.1, 0.15) is 5.69 Å². The first-order chi connectivity index (χ1) is 9.66. The van der Waals surface area contributed by atoms with Crippen LogP contribution in [0, 0.1) is 6.92 Å².